The molecule has 0 amide bonds. The van der Waals surface area contributed by atoms with Gasteiger partial charge in [-0.25, -0.2) is 9.37 Å². The maximum absolute atomic E-state index is 14.2. The smallest absolute Gasteiger partial charge is 0.123 e. The van der Waals surface area contributed by atoms with E-state index in [1.807, 2.05) is 0 Å². The largest absolute Gasteiger partial charge is 0.379 e. The van der Waals surface area contributed by atoms with Crippen LogP contribution in [0.3, 0.4) is 0 Å². The Morgan fingerprint density at radius 2 is 1.57 bits per heavy atom. The molecular formula is C33H38FN5O. The van der Waals surface area contributed by atoms with E-state index in [4.69, 9.17) is 9.72 Å². The highest BCUT2D eigenvalue weighted by molar-refractivity contribution is 5.85. The Labute approximate surface area is 236 Å². The Kier molecular flexibility index (Phi) is 8.64. The molecule has 2 fully saturated rings. The third-order valence-electron chi connectivity index (χ3n) is 8.03. The number of nitrogens with one attached hydrogen (secondary N) is 1. The second-order valence-electron chi connectivity index (χ2n) is 10.8. The van der Waals surface area contributed by atoms with E-state index in [0.717, 1.165) is 99.8 Å². The highest BCUT2D eigenvalue weighted by atomic mass is 19.1. The Morgan fingerprint density at radius 3 is 2.35 bits per heavy atom. The molecule has 0 atom stereocenters. The van der Waals surface area contributed by atoms with Gasteiger partial charge in [-0.05, 0) is 47.5 Å². The second kappa shape index (κ2) is 12.9. The van der Waals surface area contributed by atoms with Crippen LogP contribution in [0.15, 0.2) is 78.9 Å². The number of aromatic nitrogens is 1. The van der Waals surface area contributed by atoms with Gasteiger partial charge in [0, 0.05) is 82.1 Å². The molecule has 0 bridgehead atoms. The van der Waals surface area contributed by atoms with Crippen LogP contribution < -0.4 is 10.2 Å². The predicted molar refractivity (Wildman–Crippen MR) is 160 cm³/mol. The Balaban J connectivity index is 1.08. The maximum atomic E-state index is 14.2. The zero-order valence-electron chi connectivity index (χ0n) is 23.1. The summed E-state index contributed by atoms with van der Waals surface area (Å²) in [7, 11) is 0. The van der Waals surface area contributed by atoms with E-state index in [1.54, 1.807) is 12.1 Å². The Hall–Kier alpha value is -3.36. The standard InChI is InChI=1S/C33H38FN5O/c34-29-10-11-32-31(23-29)28(24-35-12-13-37-14-16-39(17-15-37)30-4-2-1-3-5-30)22-33(36-32)27-8-6-26(7-9-27)25-38-18-20-40-21-19-38/h1-11,22-23,35H,12-21,24-25H2. The number of hydrogen-bond acceptors (Lipinski definition) is 6. The number of benzene rings is 3. The number of hydrogen-bond donors (Lipinski definition) is 1. The summed E-state index contributed by atoms with van der Waals surface area (Å²) >= 11 is 0. The molecular weight excluding hydrogens is 501 g/mol. The molecule has 0 radical (unpaired) electrons. The molecule has 0 spiro atoms. The molecule has 7 heteroatoms. The summed E-state index contributed by atoms with van der Waals surface area (Å²) in [6, 6.07) is 26.3. The molecule has 2 aliphatic heterocycles. The van der Waals surface area contributed by atoms with Crippen LogP contribution in [0.1, 0.15) is 11.1 Å². The summed E-state index contributed by atoms with van der Waals surface area (Å²) in [5.41, 5.74) is 6.50. The van der Waals surface area contributed by atoms with Gasteiger partial charge in [0.1, 0.15) is 5.82 Å². The highest BCUT2D eigenvalue weighted by Crippen LogP contribution is 2.26. The lowest BCUT2D eigenvalue weighted by molar-refractivity contribution is 0.0342. The average molecular weight is 540 g/mol. The number of halogens is 1. The number of morpholine rings is 1. The van der Waals surface area contributed by atoms with Gasteiger partial charge < -0.3 is 15.0 Å². The third kappa shape index (κ3) is 6.67. The Morgan fingerprint density at radius 1 is 0.800 bits per heavy atom. The van der Waals surface area contributed by atoms with Gasteiger partial charge in [0.2, 0.25) is 0 Å². The summed E-state index contributed by atoms with van der Waals surface area (Å²) in [4.78, 5) is 12.3. The monoisotopic (exact) mass is 539 g/mol. The molecule has 0 aliphatic carbocycles. The van der Waals surface area contributed by atoms with E-state index in [-0.39, 0.29) is 5.82 Å². The zero-order valence-corrected chi connectivity index (χ0v) is 23.1. The van der Waals surface area contributed by atoms with E-state index in [0.29, 0.717) is 6.54 Å². The molecule has 40 heavy (non-hydrogen) atoms. The van der Waals surface area contributed by atoms with E-state index < -0.39 is 0 Å². The Bertz CT molecular complexity index is 1380. The van der Waals surface area contributed by atoms with Gasteiger partial charge in [-0.2, -0.15) is 0 Å². The number of para-hydroxylation sites is 1. The summed E-state index contributed by atoms with van der Waals surface area (Å²) in [6.45, 7) is 11.3. The SMILES string of the molecule is Fc1ccc2nc(-c3ccc(CN4CCOCC4)cc3)cc(CNCCN3CCN(c4ccccc4)CC3)c2c1. The van der Waals surface area contributed by atoms with Crippen LogP contribution in [-0.2, 0) is 17.8 Å². The quantitative estimate of drug-likeness (QED) is 0.309. The molecule has 3 heterocycles. The first-order chi connectivity index (χ1) is 19.7. The van der Waals surface area contributed by atoms with E-state index >= 15 is 0 Å². The molecule has 0 unspecified atom stereocenters. The lowest BCUT2D eigenvalue weighted by Gasteiger charge is -2.36. The number of ether oxygens (including phenoxy) is 1. The minimum atomic E-state index is -0.230. The maximum Gasteiger partial charge on any atom is 0.123 e. The molecule has 6 nitrogen and oxygen atoms in total. The van der Waals surface area contributed by atoms with Crippen molar-refractivity contribution in [1.82, 2.24) is 20.1 Å². The van der Waals surface area contributed by atoms with Crippen LogP contribution in [0.25, 0.3) is 22.2 Å². The lowest BCUT2D eigenvalue weighted by Crippen LogP contribution is -2.48. The van der Waals surface area contributed by atoms with Gasteiger partial charge in [0.15, 0.2) is 0 Å². The van der Waals surface area contributed by atoms with E-state index in [1.165, 1.54) is 17.3 Å². The molecule has 4 aromatic rings. The van der Waals surface area contributed by atoms with Crippen LogP contribution >= 0.6 is 0 Å². The molecule has 3 aromatic carbocycles. The van der Waals surface area contributed by atoms with Crippen molar-refractivity contribution in [3.63, 3.8) is 0 Å². The van der Waals surface area contributed by atoms with E-state index in [2.05, 4.69) is 80.7 Å². The number of anilines is 1. The lowest BCUT2D eigenvalue weighted by atomic mass is 10.0. The fourth-order valence-electron chi connectivity index (χ4n) is 5.69. The van der Waals surface area contributed by atoms with Crippen LogP contribution in [0, 0.1) is 5.82 Å². The summed E-state index contributed by atoms with van der Waals surface area (Å²) in [6.07, 6.45) is 0. The predicted octanol–water partition coefficient (Wildman–Crippen LogP) is 4.78. The van der Waals surface area contributed by atoms with Crippen molar-refractivity contribution >= 4 is 16.6 Å². The molecule has 6 rings (SSSR count). The van der Waals surface area contributed by atoms with Crippen molar-refractivity contribution in [3.05, 3.63) is 95.8 Å². The first kappa shape index (κ1) is 26.8. The second-order valence-corrected chi connectivity index (χ2v) is 10.8. The molecule has 2 aliphatic rings. The highest BCUT2D eigenvalue weighted by Gasteiger charge is 2.17. The minimum absolute atomic E-state index is 0.230. The fourth-order valence-corrected chi connectivity index (χ4v) is 5.69. The number of rotatable bonds is 9. The zero-order chi connectivity index (χ0) is 27.1. The van der Waals surface area contributed by atoms with Crippen LogP contribution in [-0.4, -0.2) is 80.4 Å². The number of piperazine rings is 1. The van der Waals surface area contributed by atoms with Crippen molar-refractivity contribution in [2.45, 2.75) is 13.1 Å². The molecule has 0 saturated carbocycles. The number of pyridine rings is 1. The van der Waals surface area contributed by atoms with Crippen molar-refractivity contribution in [2.24, 2.45) is 0 Å². The first-order valence-electron chi connectivity index (χ1n) is 14.4. The van der Waals surface area contributed by atoms with Gasteiger partial charge in [-0.3, -0.25) is 9.80 Å². The van der Waals surface area contributed by atoms with Crippen LogP contribution in [0.4, 0.5) is 10.1 Å². The van der Waals surface area contributed by atoms with Gasteiger partial charge in [0.25, 0.3) is 0 Å². The summed E-state index contributed by atoms with van der Waals surface area (Å²) < 4.78 is 19.7. The minimum Gasteiger partial charge on any atom is -0.379 e. The molecule has 208 valence electrons. The molecule has 2 saturated heterocycles. The normalized spacial score (nSPS) is 17.0. The van der Waals surface area contributed by atoms with Crippen LogP contribution in [0.5, 0.6) is 0 Å². The van der Waals surface area contributed by atoms with Gasteiger partial charge >= 0.3 is 0 Å². The number of nitrogens with zero attached hydrogens (tertiary/aromatic N) is 4. The van der Waals surface area contributed by atoms with Crippen LogP contribution in [0.2, 0.25) is 0 Å². The van der Waals surface area contributed by atoms with Gasteiger partial charge in [-0.15, -0.1) is 0 Å². The van der Waals surface area contributed by atoms with Crippen molar-refractivity contribution in [1.29, 1.82) is 0 Å². The number of fused-ring (bicyclic) bond motifs is 1. The van der Waals surface area contributed by atoms with Crippen molar-refractivity contribution in [2.75, 3.05) is 70.5 Å². The molecule has 1 aromatic heterocycles. The fraction of sp³-hybridized carbons (Fsp3) is 0.364. The first-order valence-corrected chi connectivity index (χ1v) is 14.4. The van der Waals surface area contributed by atoms with Crippen molar-refractivity contribution in [3.8, 4) is 11.3 Å². The third-order valence-corrected chi connectivity index (χ3v) is 8.03. The van der Waals surface area contributed by atoms with Gasteiger partial charge in [0.05, 0.1) is 24.4 Å². The van der Waals surface area contributed by atoms with Gasteiger partial charge in [-0.1, -0.05) is 42.5 Å². The average Bonchev–Trinajstić information content (AvgIpc) is 3.01. The topological polar surface area (TPSA) is 43.9 Å². The van der Waals surface area contributed by atoms with Crippen molar-refractivity contribution < 1.29 is 9.13 Å². The molecule has 1 N–H and O–H groups in total. The van der Waals surface area contributed by atoms with E-state index in [9.17, 15) is 4.39 Å². The summed E-state index contributed by atoms with van der Waals surface area (Å²) in [5.74, 6) is -0.230. The summed E-state index contributed by atoms with van der Waals surface area (Å²) in [5, 5.41) is 4.49.